The van der Waals surface area contributed by atoms with Crippen molar-refractivity contribution in [3.05, 3.63) is 35.9 Å². The SMILES string of the molecule is CN([C@H]1C[C@@H](C(C)(C)O)CN(C(=O)OCc2ccccc2)C1)S(C)(=O)=O. The van der Waals surface area contributed by atoms with Gasteiger partial charge in [0.05, 0.1) is 11.9 Å². The molecule has 0 saturated carbocycles. The van der Waals surface area contributed by atoms with Crippen molar-refractivity contribution in [1.82, 2.24) is 9.21 Å². The van der Waals surface area contributed by atoms with Gasteiger partial charge in [-0.2, -0.15) is 0 Å². The maximum atomic E-state index is 12.5. The first kappa shape index (κ1) is 20.7. The lowest BCUT2D eigenvalue weighted by Crippen LogP contribution is -2.56. The predicted molar refractivity (Wildman–Crippen MR) is 99.0 cm³/mol. The van der Waals surface area contributed by atoms with Crippen molar-refractivity contribution in [2.45, 2.75) is 38.5 Å². The third-order valence-electron chi connectivity index (χ3n) is 4.93. The van der Waals surface area contributed by atoms with Crippen LogP contribution in [-0.2, 0) is 21.4 Å². The van der Waals surface area contributed by atoms with Crippen molar-refractivity contribution in [3.63, 3.8) is 0 Å². The summed E-state index contributed by atoms with van der Waals surface area (Å²) in [4.78, 5) is 14.0. The first-order valence-corrected chi connectivity index (χ1v) is 10.4. The fourth-order valence-electron chi connectivity index (χ4n) is 3.08. The average Bonchev–Trinajstić information content (AvgIpc) is 2.58. The Labute approximate surface area is 155 Å². The summed E-state index contributed by atoms with van der Waals surface area (Å²) in [6, 6.07) is 8.94. The number of piperidine rings is 1. The van der Waals surface area contributed by atoms with Gasteiger partial charge in [0.15, 0.2) is 0 Å². The second-order valence-corrected chi connectivity index (χ2v) is 9.51. The lowest BCUT2D eigenvalue weighted by molar-refractivity contribution is -0.0317. The summed E-state index contributed by atoms with van der Waals surface area (Å²) in [5.41, 5.74) is -0.156. The summed E-state index contributed by atoms with van der Waals surface area (Å²) in [6.07, 6.45) is 1.11. The van der Waals surface area contributed by atoms with Crippen molar-refractivity contribution in [1.29, 1.82) is 0 Å². The standard InChI is InChI=1S/C18H28N2O5S/c1-18(2,22)15-10-16(19(3)26(4,23)24)12-20(11-15)17(21)25-13-14-8-6-5-7-9-14/h5-9,15-16,22H,10-13H2,1-4H3/t15-,16+/m1/s1. The smallest absolute Gasteiger partial charge is 0.410 e. The molecule has 0 radical (unpaired) electrons. The van der Waals surface area contributed by atoms with Gasteiger partial charge in [0, 0.05) is 32.1 Å². The van der Waals surface area contributed by atoms with Crippen LogP contribution in [-0.4, -0.2) is 66.9 Å². The molecule has 1 aliphatic rings. The number of nitrogens with zero attached hydrogens (tertiary/aromatic N) is 2. The van der Waals surface area contributed by atoms with Crippen LogP contribution < -0.4 is 0 Å². The molecule has 26 heavy (non-hydrogen) atoms. The van der Waals surface area contributed by atoms with E-state index in [0.29, 0.717) is 13.0 Å². The lowest BCUT2D eigenvalue weighted by atomic mass is 9.82. The van der Waals surface area contributed by atoms with Gasteiger partial charge in [0.25, 0.3) is 0 Å². The van der Waals surface area contributed by atoms with Crippen LogP contribution in [0.1, 0.15) is 25.8 Å². The first-order valence-electron chi connectivity index (χ1n) is 8.59. The fraction of sp³-hybridized carbons (Fsp3) is 0.611. The average molecular weight is 384 g/mol. The normalized spacial score (nSPS) is 21.7. The molecule has 7 nitrogen and oxygen atoms in total. The van der Waals surface area contributed by atoms with E-state index >= 15 is 0 Å². The van der Waals surface area contributed by atoms with E-state index in [1.165, 1.54) is 16.3 Å². The molecular formula is C18H28N2O5S. The van der Waals surface area contributed by atoms with Gasteiger partial charge in [-0.25, -0.2) is 17.5 Å². The van der Waals surface area contributed by atoms with Crippen molar-refractivity contribution in [2.24, 2.45) is 5.92 Å². The molecule has 0 bridgehead atoms. The Morgan fingerprint density at radius 3 is 2.46 bits per heavy atom. The zero-order chi connectivity index (χ0) is 19.5. The van der Waals surface area contributed by atoms with Gasteiger partial charge < -0.3 is 14.7 Å². The summed E-state index contributed by atoms with van der Waals surface area (Å²) < 4.78 is 30.5. The van der Waals surface area contributed by atoms with Crippen LogP contribution in [0.4, 0.5) is 4.79 Å². The zero-order valence-electron chi connectivity index (χ0n) is 15.8. The van der Waals surface area contributed by atoms with Crippen LogP contribution in [0.2, 0.25) is 0 Å². The van der Waals surface area contributed by atoms with Crippen LogP contribution in [0.3, 0.4) is 0 Å². The molecule has 8 heteroatoms. The number of carbonyl (C=O) groups excluding carboxylic acids is 1. The van der Waals surface area contributed by atoms with E-state index in [1.807, 2.05) is 30.3 Å². The number of sulfonamides is 1. The Bertz CT molecular complexity index is 715. The second-order valence-electron chi connectivity index (χ2n) is 7.46. The minimum atomic E-state index is -3.40. The highest BCUT2D eigenvalue weighted by Crippen LogP contribution is 2.30. The van der Waals surface area contributed by atoms with Crippen molar-refractivity contribution in [3.8, 4) is 0 Å². The van der Waals surface area contributed by atoms with Gasteiger partial charge in [0.1, 0.15) is 6.61 Å². The molecule has 1 fully saturated rings. The largest absolute Gasteiger partial charge is 0.445 e. The van der Waals surface area contributed by atoms with Gasteiger partial charge in [-0.05, 0) is 25.8 Å². The van der Waals surface area contributed by atoms with Crippen molar-refractivity contribution < 1.29 is 23.1 Å². The van der Waals surface area contributed by atoms with Crippen LogP contribution in [0.15, 0.2) is 30.3 Å². The number of carbonyl (C=O) groups is 1. The Hall–Kier alpha value is -1.64. The quantitative estimate of drug-likeness (QED) is 0.835. The third kappa shape index (κ3) is 5.43. The third-order valence-corrected chi connectivity index (χ3v) is 6.27. The molecular weight excluding hydrogens is 356 g/mol. The van der Waals surface area contributed by atoms with Crippen LogP contribution in [0, 0.1) is 5.92 Å². The molecule has 0 aromatic heterocycles. The van der Waals surface area contributed by atoms with Crippen molar-refractivity contribution in [2.75, 3.05) is 26.4 Å². The first-order chi connectivity index (χ1) is 12.0. The number of hydrogen-bond donors (Lipinski definition) is 1. The van der Waals surface area contributed by atoms with Crippen LogP contribution >= 0.6 is 0 Å². The molecule has 0 spiro atoms. The molecule has 1 N–H and O–H groups in total. The zero-order valence-corrected chi connectivity index (χ0v) is 16.6. The monoisotopic (exact) mass is 384 g/mol. The van der Waals surface area contributed by atoms with Crippen LogP contribution in [0.25, 0.3) is 0 Å². The molecule has 1 aromatic rings. The molecule has 1 aromatic carbocycles. The summed E-state index contributed by atoms with van der Waals surface area (Å²) >= 11 is 0. The van der Waals surface area contributed by atoms with E-state index in [4.69, 9.17) is 4.74 Å². The molecule has 2 atom stereocenters. The summed E-state index contributed by atoms with van der Waals surface area (Å²) in [7, 11) is -1.90. The van der Waals surface area contributed by atoms with E-state index in [0.717, 1.165) is 11.8 Å². The Morgan fingerprint density at radius 2 is 1.92 bits per heavy atom. The topological polar surface area (TPSA) is 87.2 Å². The number of likely N-dealkylation sites (N-methyl/N-ethyl adjacent to an activating group) is 1. The van der Waals surface area contributed by atoms with E-state index in [1.54, 1.807) is 13.8 Å². The minimum absolute atomic E-state index is 0.149. The summed E-state index contributed by atoms with van der Waals surface area (Å²) in [5, 5.41) is 10.4. The van der Waals surface area contributed by atoms with Crippen LogP contribution in [0.5, 0.6) is 0 Å². The molecule has 2 rings (SSSR count). The Balaban J connectivity index is 2.11. The van der Waals surface area contributed by atoms with E-state index in [9.17, 15) is 18.3 Å². The van der Waals surface area contributed by atoms with Gasteiger partial charge in [0.2, 0.25) is 10.0 Å². The van der Waals surface area contributed by atoms with Gasteiger partial charge >= 0.3 is 6.09 Å². The predicted octanol–water partition coefficient (Wildman–Crippen LogP) is 1.68. The lowest BCUT2D eigenvalue weighted by Gasteiger charge is -2.43. The number of rotatable bonds is 5. The molecule has 146 valence electrons. The van der Waals surface area contributed by atoms with Gasteiger partial charge in [-0.3, -0.25) is 0 Å². The Morgan fingerprint density at radius 1 is 1.31 bits per heavy atom. The van der Waals surface area contributed by atoms with Gasteiger partial charge in [-0.15, -0.1) is 0 Å². The number of likely N-dealkylation sites (tertiary alicyclic amines) is 1. The molecule has 1 heterocycles. The summed E-state index contributed by atoms with van der Waals surface area (Å²) in [6.45, 7) is 4.06. The number of benzene rings is 1. The molecule has 0 unspecified atom stereocenters. The highest BCUT2D eigenvalue weighted by Gasteiger charge is 2.40. The molecule has 0 aliphatic carbocycles. The van der Waals surface area contributed by atoms with Gasteiger partial charge in [-0.1, -0.05) is 30.3 Å². The number of amides is 1. The van der Waals surface area contributed by atoms with E-state index in [2.05, 4.69) is 0 Å². The molecule has 1 amide bonds. The highest BCUT2D eigenvalue weighted by atomic mass is 32.2. The van der Waals surface area contributed by atoms with E-state index < -0.39 is 27.8 Å². The molecule has 1 saturated heterocycles. The second kappa shape index (κ2) is 7.94. The van der Waals surface area contributed by atoms with E-state index in [-0.39, 0.29) is 19.1 Å². The fourth-order valence-corrected chi connectivity index (χ4v) is 3.77. The number of ether oxygens (including phenoxy) is 1. The number of aliphatic hydroxyl groups is 1. The van der Waals surface area contributed by atoms with Crippen molar-refractivity contribution >= 4 is 16.1 Å². The highest BCUT2D eigenvalue weighted by molar-refractivity contribution is 7.88. The summed E-state index contributed by atoms with van der Waals surface area (Å²) in [5.74, 6) is -0.255. The Kier molecular flexibility index (Phi) is 6.31. The molecule has 1 aliphatic heterocycles. The maximum Gasteiger partial charge on any atom is 0.410 e. The minimum Gasteiger partial charge on any atom is -0.445 e. The maximum absolute atomic E-state index is 12.5. The number of hydrogen-bond acceptors (Lipinski definition) is 5.